The van der Waals surface area contributed by atoms with Crippen LogP contribution in [0.15, 0.2) is 53.6 Å². The Hall–Kier alpha value is -3.42. The number of nitrogens with zero attached hydrogens (tertiary/aromatic N) is 4. The molecule has 0 saturated heterocycles. The largest absolute Gasteiger partial charge is 0.492 e. The minimum Gasteiger partial charge on any atom is -0.492 e. The van der Waals surface area contributed by atoms with Gasteiger partial charge < -0.3 is 10.1 Å². The number of hydrogen-bond acceptors (Lipinski definition) is 5. The van der Waals surface area contributed by atoms with Gasteiger partial charge in [-0.3, -0.25) is 14.3 Å². The molecule has 0 unspecified atom stereocenters. The fourth-order valence-electron chi connectivity index (χ4n) is 3.05. The van der Waals surface area contributed by atoms with Gasteiger partial charge in [0.25, 0.3) is 0 Å². The van der Waals surface area contributed by atoms with Crippen molar-refractivity contribution in [2.75, 3.05) is 11.9 Å². The molecule has 0 aliphatic heterocycles. The lowest BCUT2D eigenvalue weighted by molar-refractivity contribution is -0.117. The summed E-state index contributed by atoms with van der Waals surface area (Å²) < 4.78 is 8.40. The average molecular weight is 379 g/mol. The molecule has 1 aliphatic carbocycles. The molecule has 0 bridgehead atoms. The Balaban J connectivity index is 1.59. The molecule has 3 aromatic rings. The predicted octanol–water partition coefficient (Wildman–Crippen LogP) is 2.48. The number of carbonyl (C=O) groups excluding carboxylic acids is 1. The molecule has 8 heteroatoms. The highest BCUT2D eigenvalue weighted by Crippen LogP contribution is 2.36. The first-order chi connectivity index (χ1) is 13.7. The van der Waals surface area contributed by atoms with Crippen LogP contribution in [0.25, 0.3) is 11.4 Å². The number of nitrogens with one attached hydrogen (secondary N) is 1. The van der Waals surface area contributed by atoms with E-state index in [0.717, 1.165) is 18.4 Å². The summed E-state index contributed by atoms with van der Waals surface area (Å²) in [5.74, 6) is 0.792. The smallest absolute Gasteiger partial charge is 0.346 e. The van der Waals surface area contributed by atoms with E-state index in [1.165, 1.54) is 4.68 Å². The highest BCUT2D eigenvalue weighted by Gasteiger charge is 2.30. The Bertz CT molecular complexity index is 1040. The molecule has 8 nitrogen and oxygen atoms in total. The first-order valence-corrected chi connectivity index (χ1v) is 9.28. The number of benzene rings is 1. The maximum Gasteiger partial charge on any atom is 0.346 e. The zero-order valence-corrected chi connectivity index (χ0v) is 15.5. The van der Waals surface area contributed by atoms with Crippen LogP contribution in [0.5, 0.6) is 5.75 Å². The van der Waals surface area contributed by atoms with E-state index in [0.29, 0.717) is 23.9 Å². The number of ether oxygens (including phenoxy) is 1. The first-order valence-electron chi connectivity index (χ1n) is 9.28. The van der Waals surface area contributed by atoms with Gasteiger partial charge in [-0.15, -0.1) is 5.10 Å². The minimum atomic E-state index is -0.340. The average Bonchev–Trinajstić information content (AvgIpc) is 3.49. The van der Waals surface area contributed by atoms with E-state index >= 15 is 0 Å². The molecule has 2 aromatic heterocycles. The summed E-state index contributed by atoms with van der Waals surface area (Å²) in [6.45, 7) is 2.20. The van der Waals surface area contributed by atoms with Gasteiger partial charge in [0.15, 0.2) is 5.82 Å². The Kier molecular flexibility index (Phi) is 4.92. The monoisotopic (exact) mass is 379 g/mol. The molecule has 0 spiro atoms. The van der Waals surface area contributed by atoms with E-state index in [4.69, 9.17) is 4.74 Å². The summed E-state index contributed by atoms with van der Waals surface area (Å²) in [6, 6.07) is 11.0. The maximum atomic E-state index is 12.8. The Morgan fingerprint density at radius 3 is 2.79 bits per heavy atom. The Morgan fingerprint density at radius 1 is 1.25 bits per heavy atom. The molecule has 1 fully saturated rings. The van der Waals surface area contributed by atoms with Crippen LogP contribution in [-0.4, -0.2) is 31.8 Å². The lowest BCUT2D eigenvalue weighted by Crippen LogP contribution is -2.30. The molecule has 0 atom stereocenters. The molecule has 2 heterocycles. The lowest BCUT2D eigenvalue weighted by Gasteiger charge is -2.10. The molecular weight excluding hydrogens is 358 g/mol. The number of pyridine rings is 1. The zero-order chi connectivity index (χ0) is 19.5. The highest BCUT2D eigenvalue weighted by atomic mass is 16.5. The zero-order valence-electron chi connectivity index (χ0n) is 15.5. The van der Waals surface area contributed by atoms with Crippen LogP contribution < -0.4 is 15.7 Å². The summed E-state index contributed by atoms with van der Waals surface area (Å²) >= 11 is 0. The number of hydrogen-bond donors (Lipinski definition) is 1. The molecule has 144 valence electrons. The van der Waals surface area contributed by atoms with Crippen molar-refractivity contribution in [3.05, 3.63) is 59.3 Å². The van der Waals surface area contributed by atoms with Crippen LogP contribution in [-0.2, 0) is 11.3 Å². The third-order valence-electron chi connectivity index (χ3n) is 4.46. The number of anilines is 1. The highest BCUT2D eigenvalue weighted by molar-refractivity contribution is 5.92. The van der Waals surface area contributed by atoms with Gasteiger partial charge in [0.05, 0.1) is 12.3 Å². The molecule has 4 rings (SSSR count). The van der Waals surface area contributed by atoms with Crippen molar-refractivity contribution in [1.29, 1.82) is 0 Å². The predicted molar refractivity (Wildman–Crippen MR) is 104 cm³/mol. The standard InChI is InChI=1S/C20H21N5O3/c1-2-28-17-8-4-3-7-16(17)22-18(26)13-24-20(27)25(15-9-10-15)19(23-24)14-6-5-11-21-12-14/h3-8,11-12,15H,2,9-10,13H2,1H3,(H,22,26). The summed E-state index contributed by atoms with van der Waals surface area (Å²) in [5.41, 5.74) is 1.04. The van der Waals surface area contributed by atoms with Crippen molar-refractivity contribution in [2.24, 2.45) is 0 Å². The summed E-state index contributed by atoms with van der Waals surface area (Å²) in [7, 11) is 0. The molecule has 28 heavy (non-hydrogen) atoms. The van der Waals surface area contributed by atoms with Gasteiger partial charge in [0.1, 0.15) is 12.3 Å². The van der Waals surface area contributed by atoms with Gasteiger partial charge in [0, 0.05) is 24.0 Å². The topological polar surface area (TPSA) is 91.0 Å². The Morgan fingerprint density at radius 2 is 2.07 bits per heavy atom. The van der Waals surface area contributed by atoms with Crippen molar-refractivity contribution in [2.45, 2.75) is 32.4 Å². The van der Waals surface area contributed by atoms with Crippen LogP contribution in [0.3, 0.4) is 0 Å². The van der Waals surface area contributed by atoms with Gasteiger partial charge in [-0.25, -0.2) is 9.48 Å². The maximum absolute atomic E-state index is 12.8. The molecule has 1 N–H and O–H groups in total. The van der Waals surface area contributed by atoms with Crippen LogP contribution in [0.1, 0.15) is 25.8 Å². The second kappa shape index (κ2) is 7.67. The fourth-order valence-corrected chi connectivity index (χ4v) is 3.05. The van der Waals surface area contributed by atoms with Crippen molar-refractivity contribution < 1.29 is 9.53 Å². The first kappa shape index (κ1) is 18.0. The summed E-state index contributed by atoms with van der Waals surface area (Å²) in [4.78, 5) is 29.5. The van der Waals surface area contributed by atoms with Crippen molar-refractivity contribution in [3.63, 3.8) is 0 Å². The van der Waals surface area contributed by atoms with Gasteiger partial charge >= 0.3 is 5.69 Å². The minimum absolute atomic E-state index is 0.137. The van der Waals surface area contributed by atoms with Crippen molar-refractivity contribution in [3.8, 4) is 17.1 Å². The van der Waals surface area contributed by atoms with Crippen molar-refractivity contribution >= 4 is 11.6 Å². The molecule has 1 saturated carbocycles. The fraction of sp³-hybridized carbons (Fsp3) is 0.300. The second-order valence-corrected chi connectivity index (χ2v) is 6.58. The van der Waals surface area contributed by atoms with Crippen LogP contribution in [0.2, 0.25) is 0 Å². The third-order valence-corrected chi connectivity index (χ3v) is 4.46. The van der Waals surface area contributed by atoms with E-state index < -0.39 is 0 Å². The SMILES string of the molecule is CCOc1ccccc1NC(=O)Cn1nc(-c2cccnc2)n(C2CC2)c1=O. The van der Waals surface area contributed by atoms with E-state index in [1.54, 1.807) is 35.2 Å². The van der Waals surface area contributed by atoms with E-state index in [1.807, 2.05) is 25.1 Å². The van der Waals surface area contributed by atoms with Gasteiger partial charge in [-0.1, -0.05) is 12.1 Å². The number of aromatic nitrogens is 4. The lowest BCUT2D eigenvalue weighted by atomic mass is 10.3. The Labute approximate surface area is 161 Å². The summed E-state index contributed by atoms with van der Waals surface area (Å²) in [5, 5.41) is 7.22. The van der Waals surface area contributed by atoms with Crippen LogP contribution >= 0.6 is 0 Å². The quantitative estimate of drug-likeness (QED) is 0.681. The molecule has 1 aliphatic rings. The molecule has 1 aromatic carbocycles. The number of para-hydroxylation sites is 2. The molecule has 0 radical (unpaired) electrons. The van der Waals surface area contributed by atoms with E-state index in [9.17, 15) is 9.59 Å². The van der Waals surface area contributed by atoms with Crippen LogP contribution in [0, 0.1) is 0 Å². The number of carbonyl (C=O) groups is 1. The van der Waals surface area contributed by atoms with E-state index in [2.05, 4.69) is 15.4 Å². The number of rotatable bonds is 7. The van der Waals surface area contributed by atoms with E-state index in [-0.39, 0.29) is 24.2 Å². The number of amides is 1. The second-order valence-electron chi connectivity index (χ2n) is 6.58. The normalized spacial score (nSPS) is 13.3. The van der Waals surface area contributed by atoms with Crippen molar-refractivity contribution in [1.82, 2.24) is 19.3 Å². The van der Waals surface area contributed by atoms with Crippen LogP contribution in [0.4, 0.5) is 5.69 Å². The summed E-state index contributed by atoms with van der Waals surface area (Å²) in [6.07, 6.45) is 5.21. The van der Waals surface area contributed by atoms with Gasteiger partial charge in [-0.2, -0.15) is 0 Å². The van der Waals surface area contributed by atoms with Gasteiger partial charge in [-0.05, 0) is 44.0 Å². The molecule has 1 amide bonds. The third kappa shape index (κ3) is 3.66. The van der Waals surface area contributed by atoms with Gasteiger partial charge in [0.2, 0.25) is 5.91 Å². The molecular formula is C20H21N5O3.